The summed E-state index contributed by atoms with van der Waals surface area (Å²) in [5, 5.41) is 11.3. The summed E-state index contributed by atoms with van der Waals surface area (Å²) < 4.78 is 0. The van der Waals surface area contributed by atoms with Crippen LogP contribution in [0.15, 0.2) is 73.1 Å². The van der Waals surface area contributed by atoms with Crippen LogP contribution in [-0.4, -0.2) is 45.1 Å². The van der Waals surface area contributed by atoms with Crippen LogP contribution in [-0.2, 0) is 6.54 Å². The van der Waals surface area contributed by atoms with Crippen LogP contribution >= 0.6 is 0 Å². The molecule has 0 spiro atoms. The van der Waals surface area contributed by atoms with Gasteiger partial charge >= 0.3 is 0 Å². The van der Waals surface area contributed by atoms with Crippen molar-refractivity contribution in [3.8, 4) is 11.1 Å². The lowest BCUT2D eigenvalue weighted by atomic mass is 10.0. The summed E-state index contributed by atoms with van der Waals surface area (Å²) in [5.41, 5.74) is 4.67. The van der Waals surface area contributed by atoms with Gasteiger partial charge in [0.2, 0.25) is 0 Å². The molecular weight excluding hydrogens is 386 g/mol. The summed E-state index contributed by atoms with van der Waals surface area (Å²) in [4.78, 5) is 19.6. The van der Waals surface area contributed by atoms with Crippen molar-refractivity contribution < 1.29 is 4.79 Å². The number of pyridine rings is 1. The lowest BCUT2D eigenvalue weighted by Crippen LogP contribution is -2.44. The molecule has 4 aromatic rings. The minimum atomic E-state index is -0.115. The maximum absolute atomic E-state index is 13.0. The lowest BCUT2D eigenvalue weighted by molar-refractivity contribution is 0.0905. The molecule has 2 aromatic heterocycles. The first kappa shape index (κ1) is 19.5. The second-order valence-electron chi connectivity index (χ2n) is 8.08. The van der Waals surface area contributed by atoms with E-state index in [4.69, 9.17) is 0 Å². The normalized spacial score (nSPS) is 15.2. The van der Waals surface area contributed by atoms with Gasteiger partial charge in [0.25, 0.3) is 5.91 Å². The summed E-state index contributed by atoms with van der Waals surface area (Å²) in [6.45, 7) is 2.92. The fraction of sp³-hybridized carbons (Fsp3) is 0.240. The Hall–Kier alpha value is -3.51. The number of piperidine rings is 1. The van der Waals surface area contributed by atoms with E-state index in [-0.39, 0.29) is 11.9 Å². The molecular formula is C25H25N5O. The van der Waals surface area contributed by atoms with E-state index in [1.165, 1.54) is 5.56 Å². The molecule has 1 aliphatic heterocycles. The van der Waals surface area contributed by atoms with Gasteiger partial charge in [0.15, 0.2) is 5.69 Å². The molecule has 0 atom stereocenters. The summed E-state index contributed by atoms with van der Waals surface area (Å²) in [6.07, 6.45) is 5.47. The first-order valence-electron chi connectivity index (χ1n) is 10.7. The lowest BCUT2D eigenvalue weighted by Gasteiger charge is -2.32. The maximum atomic E-state index is 13.0. The molecule has 156 valence electrons. The quantitative estimate of drug-likeness (QED) is 0.520. The summed E-state index contributed by atoms with van der Waals surface area (Å²) in [6, 6.07) is 20.6. The molecule has 0 unspecified atom stereocenters. The number of rotatable bonds is 5. The molecule has 2 aromatic carbocycles. The molecule has 6 heteroatoms. The second kappa shape index (κ2) is 8.70. The molecule has 1 fully saturated rings. The van der Waals surface area contributed by atoms with Crippen LogP contribution < -0.4 is 5.32 Å². The molecule has 1 amide bonds. The van der Waals surface area contributed by atoms with Gasteiger partial charge in [0, 0.05) is 49.0 Å². The second-order valence-corrected chi connectivity index (χ2v) is 8.08. The highest BCUT2D eigenvalue weighted by atomic mass is 16.2. The van der Waals surface area contributed by atoms with E-state index in [2.05, 4.69) is 49.7 Å². The third kappa shape index (κ3) is 4.34. The molecule has 1 aliphatic rings. The van der Waals surface area contributed by atoms with E-state index in [0.717, 1.165) is 54.5 Å². The third-order valence-electron chi connectivity index (χ3n) is 5.94. The molecule has 0 saturated carbocycles. The number of hydrogen-bond acceptors (Lipinski definition) is 4. The number of carbonyl (C=O) groups is 1. The topological polar surface area (TPSA) is 73.9 Å². The molecule has 0 bridgehead atoms. The van der Waals surface area contributed by atoms with E-state index in [0.29, 0.717) is 5.69 Å². The van der Waals surface area contributed by atoms with Gasteiger partial charge in [-0.3, -0.25) is 19.8 Å². The minimum Gasteiger partial charge on any atom is -0.348 e. The predicted molar refractivity (Wildman–Crippen MR) is 122 cm³/mol. The summed E-state index contributed by atoms with van der Waals surface area (Å²) in [7, 11) is 0. The van der Waals surface area contributed by atoms with E-state index in [9.17, 15) is 4.79 Å². The van der Waals surface area contributed by atoms with E-state index in [1.807, 2.05) is 42.6 Å². The predicted octanol–water partition coefficient (Wildman–Crippen LogP) is 4.02. The fourth-order valence-electron chi connectivity index (χ4n) is 4.23. The number of hydrogen-bond donors (Lipinski definition) is 2. The zero-order valence-corrected chi connectivity index (χ0v) is 17.3. The average Bonchev–Trinajstić information content (AvgIpc) is 3.25. The summed E-state index contributed by atoms with van der Waals surface area (Å²) in [5.74, 6) is -0.115. The number of carbonyl (C=O) groups excluding carboxylic acids is 1. The van der Waals surface area contributed by atoms with Crippen molar-refractivity contribution in [1.29, 1.82) is 0 Å². The molecule has 0 radical (unpaired) electrons. The van der Waals surface area contributed by atoms with Crippen molar-refractivity contribution >= 4 is 16.8 Å². The van der Waals surface area contributed by atoms with Crippen LogP contribution in [0.3, 0.4) is 0 Å². The number of fused-ring (bicyclic) bond motifs is 1. The van der Waals surface area contributed by atoms with Gasteiger partial charge in [0.1, 0.15) is 0 Å². The van der Waals surface area contributed by atoms with Crippen molar-refractivity contribution in [2.75, 3.05) is 13.1 Å². The van der Waals surface area contributed by atoms with Crippen LogP contribution in [0.4, 0.5) is 0 Å². The van der Waals surface area contributed by atoms with Gasteiger partial charge in [-0.2, -0.15) is 5.10 Å². The van der Waals surface area contributed by atoms with E-state index >= 15 is 0 Å². The Balaban J connectivity index is 1.25. The molecule has 5 rings (SSSR count). The Bertz CT molecular complexity index is 1160. The van der Waals surface area contributed by atoms with Gasteiger partial charge in [-0.25, -0.2) is 0 Å². The SMILES string of the molecule is O=C(NC1CCN(Cc2ccccc2)CC1)c1n[nH]c2ccc(-c3cccnc3)cc12. The van der Waals surface area contributed by atoms with Crippen molar-refractivity contribution in [2.24, 2.45) is 0 Å². The fourth-order valence-corrected chi connectivity index (χ4v) is 4.23. The maximum Gasteiger partial charge on any atom is 0.272 e. The number of nitrogens with one attached hydrogen (secondary N) is 2. The van der Waals surface area contributed by atoms with Gasteiger partial charge in [-0.05, 0) is 42.2 Å². The van der Waals surface area contributed by atoms with Gasteiger partial charge in [-0.1, -0.05) is 42.5 Å². The van der Waals surface area contributed by atoms with Crippen LogP contribution in [0.1, 0.15) is 28.9 Å². The molecule has 6 nitrogen and oxygen atoms in total. The number of benzene rings is 2. The van der Waals surface area contributed by atoms with Gasteiger partial charge in [-0.15, -0.1) is 0 Å². The first-order chi connectivity index (χ1) is 15.3. The first-order valence-corrected chi connectivity index (χ1v) is 10.7. The van der Waals surface area contributed by atoms with Crippen molar-refractivity contribution in [3.05, 3.63) is 84.3 Å². The smallest absolute Gasteiger partial charge is 0.272 e. The van der Waals surface area contributed by atoms with E-state index < -0.39 is 0 Å². The molecule has 1 saturated heterocycles. The van der Waals surface area contributed by atoms with Crippen molar-refractivity contribution in [3.63, 3.8) is 0 Å². The van der Waals surface area contributed by atoms with Crippen LogP contribution in [0.5, 0.6) is 0 Å². The van der Waals surface area contributed by atoms with Crippen LogP contribution in [0, 0.1) is 0 Å². The Morgan fingerprint density at radius 2 is 1.87 bits per heavy atom. The zero-order valence-electron chi connectivity index (χ0n) is 17.3. The number of amides is 1. The molecule has 2 N–H and O–H groups in total. The number of H-pyrrole nitrogens is 1. The van der Waals surface area contributed by atoms with Crippen LogP contribution in [0.2, 0.25) is 0 Å². The van der Waals surface area contributed by atoms with E-state index in [1.54, 1.807) is 6.20 Å². The number of nitrogens with zero attached hydrogens (tertiary/aromatic N) is 3. The third-order valence-corrected chi connectivity index (χ3v) is 5.94. The number of aromatic amines is 1. The highest BCUT2D eigenvalue weighted by molar-refractivity contribution is 6.05. The molecule has 0 aliphatic carbocycles. The van der Waals surface area contributed by atoms with Gasteiger partial charge < -0.3 is 5.32 Å². The van der Waals surface area contributed by atoms with Crippen LogP contribution in [0.25, 0.3) is 22.0 Å². The van der Waals surface area contributed by atoms with Crippen molar-refractivity contribution in [2.45, 2.75) is 25.4 Å². The minimum absolute atomic E-state index is 0.115. The highest BCUT2D eigenvalue weighted by Crippen LogP contribution is 2.25. The number of aromatic nitrogens is 3. The Labute approximate surface area is 181 Å². The molecule has 3 heterocycles. The average molecular weight is 412 g/mol. The monoisotopic (exact) mass is 411 g/mol. The zero-order chi connectivity index (χ0) is 21.0. The Morgan fingerprint density at radius 3 is 2.65 bits per heavy atom. The summed E-state index contributed by atoms with van der Waals surface area (Å²) >= 11 is 0. The Kier molecular flexibility index (Phi) is 5.46. The highest BCUT2D eigenvalue weighted by Gasteiger charge is 2.23. The van der Waals surface area contributed by atoms with Crippen molar-refractivity contribution in [1.82, 2.24) is 25.4 Å². The number of likely N-dealkylation sites (tertiary alicyclic amines) is 1. The van der Waals surface area contributed by atoms with Gasteiger partial charge in [0.05, 0.1) is 5.52 Å². The Morgan fingerprint density at radius 1 is 1.03 bits per heavy atom. The standard InChI is InChI=1S/C25H25N5O/c31-25(27-21-10-13-30(14-11-21)17-18-5-2-1-3-6-18)24-22-15-19(8-9-23(22)28-29-24)20-7-4-12-26-16-20/h1-9,12,15-16,21H,10-11,13-14,17H2,(H,27,31)(H,28,29). The molecule has 31 heavy (non-hydrogen) atoms. The largest absolute Gasteiger partial charge is 0.348 e.